The Bertz CT molecular complexity index is 117. The van der Waals surface area contributed by atoms with Gasteiger partial charge in [-0.2, -0.15) is 0 Å². The Labute approximate surface area is 64.1 Å². The van der Waals surface area contributed by atoms with Crippen LogP contribution in [0, 0.1) is 0 Å². The third-order valence-electron chi connectivity index (χ3n) is 0.109. The fourth-order valence-corrected chi connectivity index (χ4v) is 0. The first kappa shape index (κ1) is 11.3. The van der Waals surface area contributed by atoms with Crippen LogP contribution in [0.4, 0.5) is 0 Å². The maximum atomic E-state index is 9.69. The zero-order valence-corrected chi connectivity index (χ0v) is 7.36. The summed E-state index contributed by atoms with van der Waals surface area (Å²) in [5.41, 5.74) is 0. The number of hydrogen-bond donors (Lipinski definition) is 0. The molecule has 7 heteroatoms. The van der Waals surface area contributed by atoms with Crippen molar-refractivity contribution in [2.45, 2.75) is 0 Å². The predicted molar refractivity (Wildman–Crippen MR) is 19.7 cm³/mol. The number of rotatable bonds is 1. The van der Waals surface area contributed by atoms with Crippen molar-refractivity contribution in [1.82, 2.24) is 0 Å². The van der Waals surface area contributed by atoms with Crippen molar-refractivity contribution in [3.8, 4) is 0 Å². The van der Waals surface area contributed by atoms with E-state index in [1.165, 1.54) is 0 Å². The van der Waals surface area contributed by atoms with E-state index in [4.69, 9.17) is 0 Å². The van der Waals surface area contributed by atoms with Gasteiger partial charge in [0.25, 0.3) is 0 Å². The zero-order chi connectivity index (χ0) is 5.21. The molecule has 0 N–H and O–H groups in total. The molecule has 0 aromatic heterocycles. The van der Waals surface area contributed by atoms with E-state index in [1.54, 1.807) is 9.47 Å². The molecule has 0 radical (unpaired) electrons. The topological polar surface area (TPSA) is 43.4 Å². The van der Waals surface area contributed by atoms with Crippen molar-refractivity contribution >= 4 is 17.4 Å². The summed E-state index contributed by atoms with van der Waals surface area (Å²) in [5.74, 6) is 0. The van der Waals surface area contributed by atoms with E-state index in [2.05, 4.69) is 3.97 Å². The van der Waals surface area contributed by atoms with Gasteiger partial charge >= 0.3 is 47.7 Å². The van der Waals surface area contributed by atoms with E-state index in [-0.39, 0.29) is 16.5 Å². The molecule has 7 heavy (non-hydrogen) atoms. The van der Waals surface area contributed by atoms with E-state index in [1.807, 2.05) is 17.9 Å². The molecule has 0 rings (SSSR count). The molecule has 0 saturated carbocycles. The van der Waals surface area contributed by atoms with Crippen LogP contribution in [0.1, 0.15) is 0 Å². The normalized spacial score (nSPS) is 10.1. The van der Waals surface area contributed by atoms with E-state index >= 15 is 0 Å². The van der Waals surface area contributed by atoms with Crippen molar-refractivity contribution in [1.29, 1.82) is 0 Å². The molecule has 51 valence electrons. The summed E-state index contributed by atoms with van der Waals surface area (Å²) in [6.45, 7) is 0. The first-order chi connectivity index (χ1) is 2.56. The Kier molecular flexibility index (Phi) is 7.08. The van der Waals surface area contributed by atoms with Crippen LogP contribution in [0.3, 0.4) is 0 Å². The monoisotopic (exact) mass is 277 g/mol. The summed E-state index contributed by atoms with van der Waals surface area (Å²) in [5, 5.41) is 0. The van der Waals surface area contributed by atoms with Crippen LogP contribution in [-0.2, 0) is 46.3 Å². The summed E-state index contributed by atoms with van der Waals surface area (Å²) >= 11 is 1.96. The zero-order valence-electron chi connectivity index (χ0n) is 2.84. The molecule has 0 bridgehead atoms. The molecule has 0 aromatic rings. The fourth-order valence-electron chi connectivity index (χ4n) is 0. The fraction of sp³-hybridized carbons (Fsp3) is 0. The number of hydrogen-bond acceptors (Lipinski definition) is 3. The van der Waals surface area contributed by atoms with Gasteiger partial charge in [-0.05, 0) is 0 Å². The largest absolute Gasteiger partial charge is 0 e. The first-order valence-corrected chi connectivity index (χ1v) is 4.50. The minimum absolute atomic E-state index is 0. The van der Waals surface area contributed by atoms with Crippen LogP contribution in [0.25, 0.3) is 0 Å². The van der Waals surface area contributed by atoms with E-state index in [0.717, 1.165) is 0 Å². The molecule has 0 aliphatic rings. The maximum Gasteiger partial charge on any atom is 0 e. The summed E-state index contributed by atoms with van der Waals surface area (Å²) in [6.07, 6.45) is 0. The van der Waals surface area contributed by atoms with Crippen molar-refractivity contribution in [2.75, 3.05) is 0 Å². The Morgan fingerprint density at radius 1 is 1.57 bits per heavy atom. The summed E-state index contributed by atoms with van der Waals surface area (Å²) in [4.78, 5) is 0. The minimum atomic E-state index is -3.35. The van der Waals surface area contributed by atoms with Crippen LogP contribution >= 0.6 is 9.47 Å². The van der Waals surface area contributed by atoms with Crippen LogP contribution in [-0.4, -0.2) is 8.42 Å². The van der Waals surface area contributed by atoms with Gasteiger partial charge in [0.2, 0.25) is 0 Å². The Hall–Kier alpha value is 1.50. The van der Waals surface area contributed by atoms with Crippen LogP contribution in [0.2, 0.25) is 0 Å². The van der Waals surface area contributed by atoms with E-state index in [9.17, 15) is 8.42 Å². The maximum absolute atomic E-state index is 9.69. The molecule has 0 aromatic carbocycles. The Morgan fingerprint density at radius 2 is 1.71 bits per heavy atom. The molecule has 1 atom stereocenters. The van der Waals surface area contributed by atoms with Crippen molar-refractivity contribution in [2.24, 2.45) is 0 Å². The second-order valence-electron chi connectivity index (χ2n) is 0.458. The SMILES string of the molecule is O=[S](=O)([Pd])OP.[Ni]. The summed E-state index contributed by atoms with van der Waals surface area (Å²) in [7, 11) is -1.75. The second kappa shape index (κ2) is 4.38. The van der Waals surface area contributed by atoms with Crippen molar-refractivity contribution in [3.05, 3.63) is 0 Å². The molecule has 0 fully saturated rings. The first-order valence-electron chi connectivity index (χ1n) is 0.865. The van der Waals surface area contributed by atoms with E-state index < -0.39 is 7.94 Å². The average molecular weight is 278 g/mol. The van der Waals surface area contributed by atoms with Gasteiger partial charge in [-0.15, -0.1) is 0 Å². The van der Waals surface area contributed by atoms with Gasteiger partial charge in [0.1, 0.15) is 0 Å². The van der Waals surface area contributed by atoms with Gasteiger partial charge in [0.15, 0.2) is 0 Å². The van der Waals surface area contributed by atoms with Gasteiger partial charge in [-0.1, -0.05) is 0 Å². The Morgan fingerprint density at radius 3 is 1.71 bits per heavy atom. The standard InChI is InChI=1S/Ni.H2O3PS.Pd/c;1-5(2)3-4;/h;4H2;. The summed E-state index contributed by atoms with van der Waals surface area (Å²) < 4.78 is 23.1. The molecule has 1 unspecified atom stereocenters. The third kappa shape index (κ3) is 11.2. The van der Waals surface area contributed by atoms with Gasteiger partial charge in [-0.3, -0.25) is 0 Å². The molecule has 0 spiro atoms. The summed E-state index contributed by atoms with van der Waals surface area (Å²) in [6, 6.07) is 0. The van der Waals surface area contributed by atoms with E-state index in [0.29, 0.717) is 0 Å². The molecular formula is H2NiO3PPdS. The smallest absolute Gasteiger partial charge is 0 e. The minimum Gasteiger partial charge on any atom is 0 e. The predicted octanol–water partition coefficient (Wildman–Crippen LogP) is -0.418. The Balaban J connectivity index is 0. The van der Waals surface area contributed by atoms with Crippen LogP contribution in [0.5, 0.6) is 0 Å². The molecule has 0 aliphatic heterocycles. The van der Waals surface area contributed by atoms with Crippen molar-refractivity contribution < 1.29 is 46.8 Å². The van der Waals surface area contributed by atoms with Crippen molar-refractivity contribution in [3.63, 3.8) is 0 Å². The second-order valence-corrected chi connectivity index (χ2v) is 4.28. The molecule has 0 amide bonds. The van der Waals surface area contributed by atoms with Gasteiger partial charge < -0.3 is 0 Å². The molecule has 0 aliphatic carbocycles. The molecule has 0 heterocycles. The van der Waals surface area contributed by atoms with Crippen LogP contribution in [0.15, 0.2) is 0 Å². The quantitative estimate of drug-likeness (QED) is 0.483. The molecular weight excluding hydrogens is 276 g/mol. The molecule has 3 nitrogen and oxygen atoms in total. The average Bonchev–Trinajstić information content (AvgIpc) is 1.35. The van der Waals surface area contributed by atoms with Crippen LogP contribution < -0.4 is 0 Å². The van der Waals surface area contributed by atoms with Gasteiger partial charge in [0.05, 0.1) is 0 Å². The molecule has 0 saturated heterocycles. The van der Waals surface area contributed by atoms with Gasteiger partial charge in [0, 0.05) is 16.5 Å². The van der Waals surface area contributed by atoms with Gasteiger partial charge in [-0.25, -0.2) is 0 Å². The third-order valence-corrected chi connectivity index (χ3v) is 2.33.